The van der Waals surface area contributed by atoms with Gasteiger partial charge in [-0.15, -0.1) is 6.58 Å². The minimum atomic E-state index is -5.02. The van der Waals surface area contributed by atoms with Crippen LogP contribution in [0.1, 0.15) is 63.2 Å². The van der Waals surface area contributed by atoms with Gasteiger partial charge in [-0.25, -0.2) is 4.79 Å². The number of rotatable bonds is 5. The molecule has 1 aromatic carbocycles. The number of benzene rings is 1. The zero-order chi connectivity index (χ0) is 29.0. The summed E-state index contributed by atoms with van der Waals surface area (Å²) in [4.78, 5) is 58.9. The number of phosphoric acid groups is 1. The number of aliphatic hydroxyl groups is 2. The smallest absolute Gasteiger partial charge is 0.746 e. The van der Waals surface area contributed by atoms with Crippen molar-refractivity contribution in [1.29, 1.82) is 0 Å². The third kappa shape index (κ3) is 5.99. The quantitative estimate of drug-likeness (QED) is 0.199. The van der Waals surface area contributed by atoms with E-state index in [0.717, 1.165) is 12.1 Å². The zero-order valence-corrected chi connectivity index (χ0v) is 26.1. The Bertz CT molecular complexity index is 1220. The molecule has 2 bridgehead atoms. The molecule has 0 aliphatic heterocycles. The van der Waals surface area contributed by atoms with Crippen LogP contribution in [0.3, 0.4) is 0 Å². The molecule has 0 heterocycles. The van der Waals surface area contributed by atoms with Gasteiger partial charge < -0.3 is 29.3 Å². The van der Waals surface area contributed by atoms with Gasteiger partial charge in [-0.1, -0.05) is 26.8 Å². The van der Waals surface area contributed by atoms with Gasteiger partial charge in [-0.3, -0.25) is 19.5 Å². The molecular formula is C27H35NNaO10P. The molecule has 3 fully saturated rings. The van der Waals surface area contributed by atoms with E-state index < -0.39 is 60.3 Å². The molecule has 40 heavy (non-hydrogen) atoms. The maximum Gasteiger partial charge on any atom is 1.00 e. The van der Waals surface area contributed by atoms with Gasteiger partial charge in [0, 0.05) is 22.3 Å². The van der Waals surface area contributed by atoms with E-state index in [-0.39, 0.29) is 65.4 Å². The molecule has 214 valence electrons. The average molecular weight is 588 g/mol. The summed E-state index contributed by atoms with van der Waals surface area (Å²) in [7, 11) is -5.02. The maximum absolute atomic E-state index is 13.4. The van der Waals surface area contributed by atoms with Crippen molar-refractivity contribution in [3.05, 3.63) is 42.5 Å². The van der Waals surface area contributed by atoms with Gasteiger partial charge in [-0.05, 0) is 67.7 Å². The summed E-state index contributed by atoms with van der Waals surface area (Å²) in [6.45, 7) is 9.60. The second-order valence-corrected chi connectivity index (χ2v) is 12.9. The fraction of sp³-hybridized carbons (Fsp3) is 0.593. The van der Waals surface area contributed by atoms with Gasteiger partial charge in [-0.2, -0.15) is 0 Å². The largest absolute Gasteiger partial charge is 1.00 e. The van der Waals surface area contributed by atoms with Crippen LogP contribution in [0.5, 0.6) is 5.75 Å². The van der Waals surface area contributed by atoms with Crippen molar-refractivity contribution in [2.75, 3.05) is 0 Å². The molecule has 3 aliphatic rings. The first-order chi connectivity index (χ1) is 18.0. The van der Waals surface area contributed by atoms with Crippen LogP contribution in [0.4, 0.5) is 4.79 Å². The Hall–Kier alpha value is -1.56. The van der Waals surface area contributed by atoms with Crippen molar-refractivity contribution >= 4 is 25.6 Å². The van der Waals surface area contributed by atoms with E-state index in [2.05, 4.69) is 16.4 Å². The van der Waals surface area contributed by atoms with E-state index in [1.54, 1.807) is 6.08 Å². The number of ether oxygens (including phenoxy) is 1. The Morgan fingerprint density at radius 1 is 1.18 bits per heavy atom. The third-order valence-corrected chi connectivity index (χ3v) is 9.97. The van der Waals surface area contributed by atoms with Crippen LogP contribution >= 0.6 is 7.82 Å². The van der Waals surface area contributed by atoms with E-state index in [0.29, 0.717) is 19.3 Å². The number of hydrogen-bond donors (Lipinski definition) is 4. The van der Waals surface area contributed by atoms with E-state index in [1.807, 2.05) is 20.8 Å². The minimum Gasteiger partial charge on any atom is -0.746 e. The molecule has 9 atom stereocenters. The van der Waals surface area contributed by atoms with Crippen LogP contribution in [0.15, 0.2) is 36.9 Å². The molecule has 1 aromatic rings. The average Bonchev–Trinajstić information content (AvgIpc) is 3.09. The van der Waals surface area contributed by atoms with Crippen LogP contribution in [0.2, 0.25) is 0 Å². The van der Waals surface area contributed by atoms with Crippen LogP contribution < -0.4 is 44.3 Å². The summed E-state index contributed by atoms with van der Waals surface area (Å²) < 4.78 is 21.1. The van der Waals surface area contributed by atoms with Gasteiger partial charge in [0.1, 0.15) is 18.0 Å². The van der Waals surface area contributed by atoms with Crippen LogP contribution in [-0.2, 0) is 14.1 Å². The number of ketones is 1. The van der Waals surface area contributed by atoms with Crippen LogP contribution in [0, 0.1) is 28.1 Å². The maximum atomic E-state index is 13.4. The van der Waals surface area contributed by atoms with E-state index >= 15 is 0 Å². The molecule has 3 saturated carbocycles. The van der Waals surface area contributed by atoms with Crippen molar-refractivity contribution in [1.82, 2.24) is 5.32 Å². The summed E-state index contributed by atoms with van der Waals surface area (Å²) in [6, 6.07) is 4.67. The fourth-order valence-corrected chi connectivity index (χ4v) is 7.49. The number of carbonyl (C=O) groups excluding carboxylic acids is 3. The molecule has 4 N–H and O–H groups in total. The summed E-state index contributed by atoms with van der Waals surface area (Å²) in [5.74, 6) is -2.08. The third-order valence-electron chi connectivity index (χ3n) is 9.53. The first-order valence-corrected chi connectivity index (χ1v) is 14.4. The molecule has 2 unspecified atom stereocenters. The number of phosphoric ester groups is 1. The molecule has 13 heteroatoms. The SMILES string of the molecule is C=C[C@]1(C)C[C@@H](OC(=O)NC(=O)c2ccc(OP(=O)([O-])O)cc2)[C@]2(C)[C@H](C)CCC3(C[C@H](O)C(=O)[C@H]32)C[C@@H]1O.[Na+]. The number of Topliss-reactive ketones (excluding diaryl/α,β-unsaturated/α-hetero) is 1. The molecule has 0 aromatic heterocycles. The minimum absolute atomic E-state index is 0. The molecule has 0 radical (unpaired) electrons. The number of imide groups is 1. The summed E-state index contributed by atoms with van der Waals surface area (Å²) in [5, 5.41) is 24.1. The van der Waals surface area contributed by atoms with E-state index in [9.17, 15) is 34.1 Å². The van der Waals surface area contributed by atoms with Gasteiger partial charge in [0.05, 0.1) is 6.10 Å². The van der Waals surface area contributed by atoms with Crippen molar-refractivity contribution in [2.45, 2.75) is 71.2 Å². The topological polar surface area (TPSA) is 183 Å². The van der Waals surface area contributed by atoms with Crippen LogP contribution in [0.25, 0.3) is 0 Å². The first-order valence-electron chi connectivity index (χ1n) is 12.9. The van der Waals surface area contributed by atoms with E-state index in [4.69, 9.17) is 9.63 Å². The van der Waals surface area contributed by atoms with Gasteiger partial charge >= 0.3 is 43.5 Å². The molecule has 2 amide bonds. The standard InChI is InChI=1S/C27H36NO10P.Na/c1-5-25(3)14-20(37-24(33)28-23(32)16-6-8-17(9-7-16)38-39(34,35)36)26(4)15(2)10-11-27(13-19(25)30)12-18(29)21(31)22(26)27;/h5-9,15,18-20,22,29-30H,1,10-14H2,2-4H3,(H,28,32,33)(H2,34,35,36);/q;+1/p-1/t15-,18+,19+,20-,22+,25-,26+,27?;/m1./s1. The Labute approximate surface area is 255 Å². The molecule has 3 aliphatic carbocycles. The molecule has 4 rings (SSSR count). The second-order valence-electron chi connectivity index (χ2n) is 11.8. The second kappa shape index (κ2) is 11.6. The van der Waals surface area contributed by atoms with E-state index in [1.165, 1.54) is 12.1 Å². The normalized spacial score (nSPS) is 38.4. The first kappa shape index (κ1) is 32.9. The number of carbonyl (C=O) groups is 3. The fourth-order valence-electron chi connectivity index (χ4n) is 7.10. The van der Waals surface area contributed by atoms with Gasteiger partial charge in [0.2, 0.25) is 0 Å². The van der Waals surface area contributed by atoms with Gasteiger partial charge in [0.25, 0.3) is 5.91 Å². The molecule has 0 saturated heterocycles. The van der Waals surface area contributed by atoms with Crippen molar-refractivity contribution in [3.8, 4) is 5.75 Å². The number of nitrogens with one attached hydrogen (secondary N) is 1. The Kier molecular flexibility index (Phi) is 9.56. The van der Waals surface area contributed by atoms with Crippen molar-refractivity contribution in [2.24, 2.45) is 28.1 Å². The monoisotopic (exact) mass is 587 g/mol. The summed E-state index contributed by atoms with van der Waals surface area (Å²) in [5.41, 5.74) is -2.41. The number of alkyl carbamates (subject to hydrolysis) is 1. The number of hydrogen-bond acceptors (Lipinski definition) is 9. The molecule has 11 nitrogen and oxygen atoms in total. The summed E-state index contributed by atoms with van der Waals surface area (Å²) in [6.07, 6.45) is -0.317. The van der Waals surface area contributed by atoms with Crippen molar-refractivity contribution in [3.63, 3.8) is 0 Å². The predicted molar refractivity (Wildman–Crippen MR) is 136 cm³/mol. The zero-order valence-electron chi connectivity index (χ0n) is 23.2. The van der Waals surface area contributed by atoms with Crippen LogP contribution in [-0.4, -0.2) is 51.2 Å². The Balaban J connectivity index is 0.00000441. The molecule has 0 spiro atoms. The summed E-state index contributed by atoms with van der Waals surface area (Å²) >= 11 is 0. The predicted octanol–water partition coefficient (Wildman–Crippen LogP) is -0.515. The number of amides is 2. The number of aliphatic hydroxyl groups excluding tert-OH is 2. The Morgan fingerprint density at radius 2 is 1.80 bits per heavy atom. The molecular weight excluding hydrogens is 552 g/mol. The van der Waals surface area contributed by atoms with Crippen molar-refractivity contribution < 1.29 is 77.8 Å². The Morgan fingerprint density at radius 3 is 2.38 bits per heavy atom. The van der Waals surface area contributed by atoms with Gasteiger partial charge in [0.15, 0.2) is 5.78 Å².